The molecule has 1 N–H and O–H groups in total. The minimum Gasteiger partial charge on any atom is -0.312 e. The summed E-state index contributed by atoms with van der Waals surface area (Å²) in [7, 11) is 0. The average molecular weight is 268 g/mol. The molecular formula is C18H37N. The molecule has 0 aromatic carbocycles. The van der Waals surface area contributed by atoms with Crippen LogP contribution in [0, 0.1) is 0 Å². The molecule has 0 aliphatic heterocycles. The van der Waals surface area contributed by atoms with E-state index >= 15 is 0 Å². The maximum atomic E-state index is 3.53. The van der Waals surface area contributed by atoms with Gasteiger partial charge in [0.25, 0.3) is 0 Å². The molecule has 0 saturated heterocycles. The molecule has 19 heavy (non-hydrogen) atoms. The fraction of sp³-hybridized carbons (Fsp3) is 0.889. The van der Waals surface area contributed by atoms with E-state index in [-0.39, 0.29) is 5.54 Å². The highest BCUT2D eigenvalue weighted by Gasteiger charge is 2.06. The van der Waals surface area contributed by atoms with Crippen LogP contribution in [0.25, 0.3) is 0 Å². The van der Waals surface area contributed by atoms with Gasteiger partial charge in [0.2, 0.25) is 0 Å². The van der Waals surface area contributed by atoms with Crippen LogP contribution in [-0.4, -0.2) is 12.1 Å². The van der Waals surface area contributed by atoms with Gasteiger partial charge in [0, 0.05) is 5.54 Å². The molecule has 0 heterocycles. The van der Waals surface area contributed by atoms with Gasteiger partial charge in [-0.3, -0.25) is 0 Å². The van der Waals surface area contributed by atoms with Gasteiger partial charge in [0.05, 0.1) is 0 Å². The van der Waals surface area contributed by atoms with E-state index in [1.165, 1.54) is 57.8 Å². The van der Waals surface area contributed by atoms with Crippen molar-refractivity contribution in [1.29, 1.82) is 0 Å². The molecule has 0 spiro atoms. The van der Waals surface area contributed by atoms with Gasteiger partial charge < -0.3 is 5.32 Å². The van der Waals surface area contributed by atoms with E-state index in [4.69, 9.17) is 0 Å². The molecule has 1 heteroatoms. The van der Waals surface area contributed by atoms with Gasteiger partial charge in [-0.1, -0.05) is 57.1 Å². The fourth-order valence-electron chi connectivity index (χ4n) is 2.23. The van der Waals surface area contributed by atoms with E-state index in [2.05, 4.69) is 46.0 Å². The Balaban J connectivity index is 3.40. The van der Waals surface area contributed by atoms with Crippen LogP contribution in [0.15, 0.2) is 11.6 Å². The van der Waals surface area contributed by atoms with Crippen LogP contribution in [0.4, 0.5) is 0 Å². The summed E-state index contributed by atoms with van der Waals surface area (Å²) in [5.74, 6) is 0. The molecule has 0 atom stereocenters. The first kappa shape index (κ1) is 18.7. The summed E-state index contributed by atoms with van der Waals surface area (Å²) in [4.78, 5) is 0. The highest BCUT2D eigenvalue weighted by atomic mass is 14.9. The highest BCUT2D eigenvalue weighted by molar-refractivity contribution is 4.98. The number of unbranched alkanes of at least 4 members (excludes halogenated alkanes) is 6. The van der Waals surface area contributed by atoms with Gasteiger partial charge >= 0.3 is 0 Å². The molecule has 0 aromatic rings. The van der Waals surface area contributed by atoms with Crippen molar-refractivity contribution in [2.75, 3.05) is 6.54 Å². The van der Waals surface area contributed by atoms with Crippen LogP contribution < -0.4 is 5.32 Å². The average Bonchev–Trinajstić information content (AvgIpc) is 2.32. The van der Waals surface area contributed by atoms with Crippen molar-refractivity contribution in [3.05, 3.63) is 11.6 Å². The Bertz CT molecular complexity index is 222. The lowest BCUT2D eigenvalue weighted by atomic mass is 10.0. The zero-order valence-electron chi connectivity index (χ0n) is 14.1. The summed E-state index contributed by atoms with van der Waals surface area (Å²) >= 11 is 0. The van der Waals surface area contributed by atoms with Crippen molar-refractivity contribution in [2.45, 2.75) is 97.9 Å². The second-order valence-electron chi connectivity index (χ2n) is 6.89. The van der Waals surface area contributed by atoms with Crippen molar-refractivity contribution in [3.8, 4) is 0 Å². The lowest BCUT2D eigenvalue weighted by molar-refractivity contribution is 0.431. The number of hydrogen-bond donors (Lipinski definition) is 1. The Morgan fingerprint density at radius 2 is 1.53 bits per heavy atom. The normalized spacial score (nSPS) is 13.0. The SMILES string of the molecule is CCCCCCCCCC(C)=CCCNC(C)(C)C. The minimum absolute atomic E-state index is 0.250. The van der Waals surface area contributed by atoms with E-state index in [0.29, 0.717) is 0 Å². The third-order valence-corrected chi connectivity index (χ3v) is 3.47. The van der Waals surface area contributed by atoms with E-state index in [9.17, 15) is 0 Å². The minimum atomic E-state index is 0.250. The Morgan fingerprint density at radius 3 is 2.11 bits per heavy atom. The van der Waals surface area contributed by atoms with Crippen LogP contribution >= 0.6 is 0 Å². The second-order valence-corrected chi connectivity index (χ2v) is 6.89. The first-order chi connectivity index (χ1) is 8.95. The first-order valence-electron chi connectivity index (χ1n) is 8.36. The van der Waals surface area contributed by atoms with Crippen LogP contribution in [-0.2, 0) is 0 Å². The predicted molar refractivity (Wildman–Crippen MR) is 88.7 cm³/mol. The molecule has 0 unspecified atom stereocenters. The van der Waals surface area contributed by atoms with E-state index < -0.39 is 0 Å². The summed E-state index contributed by atoms with van der Waals surface area (Å²) in [6.07, 6.45) is 14.7. The molecule has 0 aliphatic rings. The maximum Gasteiger partial charge on any atom is 0.00966 e. The highest BCUT2D eigenvalue weighted by Crippen LogP contribution is 2.12. The third kappa shape index (κ3) is 15.6. The van der Waals surface area contributed by atoms with E-state index in [1.807, 2.05) is 0 Å². The van der Waals surface area contributed by atoms with Crippen LogP contribution in [0.5, 0.6) is 0 Å². The smallest absolute Gasteiger partial charge is 0.00966 e. The van der Waals surface area contributed by atoms with Crippen molar-refractivity contribution in [2.24, 2.45) is 0 Å². The summed E-state index contributed by atoms with van der Waals surface area (Å²) in [5, 5.41) is 3.53. The van der Waals surface area contributed by atoms with Gasteiger partial charge in [0.1, 0.15) is 0 Å². The van der Waals surface area contributed by atoms with E-state index in [1.54, 1.807) is 5.57 Å². The zero-order valence-corrected chi connectivity index (χ0v) is 14.1. The molecule has 1 nitrogen and oxygen atoms in total. The number of allylic oxidation sites excluding steroid dienone is 1. The molecule has 0 fully saturated rings. The van der Waals surface area contributed by atoms with Crippen LogP contribution in [0.2, 0.25) is 0 Å². The predicted octanol–water partition coefficient (Wildman–Crippen LogP) is 5.85. The number of nitrogens with one attached hydrogen (secondary N) is 1. The van der Waals surface area contributed by atoms with Gasteiger partial charge in [-0.05, 0) is 53.5 Å². The molecule has 0 saturated carbocycles. The fourth-order valence-corrected chi connectivity index (χ4v) is 2.23. The monoisotopic (exact) mass is 267 g/mol. The molecule has 0 aliphatic carbocycles. The molecule has 0 aromatic heterocycles. The van der Waals surface area contributed by atoms with Crippen LogP contribution in [0.3, 0.4) is 0 Å². The maximum absolute atomic E-state index is 3.53. The van der Waals surface area contributed by atoms with Gasteiger partial charge in [-0.2, -0.15) is 0 Å². The van der Waals surface area contributed by atoms with E-state index in [0.717, 1.165) is 6.54 Å². The molecule has 0 amide bonds. The molecule has 0 rings (SSSR count). The molecule has 114 valence electrons. The Morgan fingerprint density at radius 1 is 0.947 bits per heavy atom. The van der Waals surface area contributed by atoms with Gasteiger partial charge in [-0.15, -0.1) is 0 Å². The molecule has 0 bridgehead atoms. The first-order valence-corrected chi connectivity index (χ1v) is 8.36. The van der Waals surface area contributed by atoms with Crippen LogP contribution in [0.1, 0.15) is 92.4 Å². The van der Waals surface area contributed by atoms with Crippen molar-refractivity contribution < 1.29 is 0 Å². The number of rotatable bonds is 11. The van der Waals surface area contributed by atoms with Crippen molar-refractivity contribution in [1.82, 2.24) is 5.32 Å². The largest absolute Gasteiger partial charge is 0.312 e. The lowest BCUT2D eigenvalue weighted by Gasteiger charge is -2.19. The Labute approximate surface area is 122 Å². The lowest BCUT2D eigenvalue weighted by Crippen LogP contribution is -2.36. The number of hydrogen-bond acceptors (Lipinski definition) is 1. The zero-order chi connectivity index (χ0) is 14.6. The van der Waals surface area contributed by atoms with Crippen molar-refractivity contribution in [3.63, 3.8) is 0 Å². The Hall–Kier alpha value is -0.300. The summed E-state index contributed by atoms with van der Waals surface area (Å²) in [5.41, 5.74) is 1.82. The van der Waals surface area contributed by atoms with Gasteiger partial charge in [0.15, 0.2) is 0 Å². The second kappa shape index (κ2) is 11.5. The topological polar surface area (TPSA) is 12.0 Å². The molecular weight excluding hydrogens is 230 g/mol. The molecule has 0 radical (unpaired) electrons. The summed E-state index contributed by atoms with van der Waals surface area (Å²) in [6, 6.07) is 0. The summed E-state index contributed by atoms with van der Waals surface area (Å²) in [6.45, 7) is 12.3. The quantitative estimate of drug-likeness (QED) is 0.365. The van der Waals surface area contributed by atoms with Gasteiger partial charge in [-0.25, -0.2) is 0 Å². The Kier molecular flexibility index (Phi) is 11.3. The standard InChI is InChI=1S/C18H37N/c1-6-7-8-9-10-11-12-14-17(2)15-13-16-19-18(3,4)5/h15,19H,6-14,16H2,1-5H3. The third-order valence-electron chi connectivity index (χ3n) is 3.47. The van der Waals surface area contributed by atoms with Crippen molar-refractivity contribution >= 4 is 0 Å². The summed E-state index contributed by atoms with van der Waals surface area (Å²) < 4.78 is 0.